The Hall–Kier alpha value is -2.39. The molecule has 1 amide bonds. The lowest BCUT2D eigenvalue weighted by Crippen LogP contribution is -2.32. The summed E-state index contributed by atoms with van der Waals surface area (Å²) in [5.41, 5.74) is 1.49. The van der Waals surface area contributed by atoms with Gasteiger partial charge in [0.2, 0.25) is 15.9 Å². The van der Waals surface area contributed by atoms with Gasteiger partial charge in [0.1, 0.15) is 0 Å². The van der Waals surface area contributed by atoms with Gasteiger partial charge in [-0.1, -0.05) is 12.1 Å². The molecule has 9 heteroatoms. The lowest BCUT2D eigenvalue weighted by molar-refractivity contribution is -0.121. The van der Waals surface area contributed by atoms with E-state index in [1.807, 2.05) is 36.6 Å². The third-order valence-corrected chi connectivity index (χ3v) is 6.36. The lowest BCUT2D eigenvalue weighted by Gasteiger charge is -2.22. The highest BCUT2D eigenvalue weighted by atomic mass is 32.2. The second-order valence-electron chi connectivity index (χ2n) is 6.61. The second-order valence-corrected chi connectivity index (χ2v) is 9.39. The number of anilines is 1. The third kappa shape index (κ3) is 6.84. The van der Waals surface area contributed by atoms with Crippen molar-refractivity contribution in [1.82, 2.24) is 5.32 Å². The smallest absolute Gasteiger partial charge is 0.232 e. The van der Waals surface area contributed by atoms with Gasteiger partial charge in [-0.2, -0.15) is 0 Å². The molecule has 0 unspecified atom stereocenters. The molecule has 0 heterocycles. The number of carbonyl (C=O) groups excluding carboxylic acids is 1. The maximum absolute atomic E-state index is 12.2. The Kier molecular flexibility index (Phi) is 8.86. The molecule has 1 N–H and O–H groups in total. The Morgan fingerprint density at radius 2 is 1.83 bits per heavy atom. The third-order valence-electron chi connectivity index (χ3n) is 4.44. The standard InChI is InChI=1S/C21H28N2O5S2/c1-27-19-11-10-16(13-20(19)28-2)15-22-21(24)9-6-12-23(30(4,25)26)17-7-5-8-18(14-17)29-3/h5,7-8,10-11,13-14H,6,9,12,15H2,1-4H3,(H,22,24). The van der Waals surface area contributed by atoms with Crippen molar-refractivity contribution in [3.63, 3.8) is 0 Å². The highest BCUT2D eigenvalue weighted by molar-refractivity contribution is 7.98. The van der Waals surface area contributed by atoms with Gasteiger partial charge in [0.25, 0.3) is 0 Å². The van der Waals surface area contributed by atoms with Gasteiger partial charge in [0, 0.05) is 24.4 Å². The van der Waals surface area contributed by atoms with Crippen molar-refractivity contribution in [1.29, 1.82) is 0 Å². The topological polar surface area (TPSA) is 84.9 Å². The predicted molar refractivity (Wildman–Crippen MR) is 121 cm³/mol. The van der Waals surface area contributed by atoms with Crippen LogP contribution in [0.3, 0.4) is 0 Å². The Morgan fingerprint density at radius 3 is 2.47 bits per heavy atom. The van der Waals surface area contributed by atoms with Gasteiger partial charge in [0.05, 0.1) is 26.2 Å². The molecule has 0 aromatic heterocycles. The fourth-order valence-corrected chi connectivity index (χ4v) is 4.33. The molecule has 7 nitrogen and oxygen atoms in total. The molecule has 164 valence electrons. The van der Waals surface area contributed by atoms with Crippen molar-refractivity contribution in [2.75, 3.05) is 37.6 Å². The zero-order valence-electron chi connectivity index (χ0n) is 17.7. The van der Waals surface area contributed by atoms with E-state index in [0.29, 0.717) is 30.2 Å². The zero-order valence-corrected chi connectivity index (χ0v) is 19.3. The van der Waals surface area contributed by atoms with Crippen molar-refractivity contribution < 1.29 is 22.7 Å². The van der Waals surface area contributed by atoms with Crippen LogP contribution in [0.4, 0.5) is 5.69 Å². The number of carbonyl (C=O) groups is 1. The minimum Gasteiger partial charge on any atom is -0.493 e. The molecule has 0 spiro atoms. The van der Waals surface area contributed by atoms with Gasteiger partial charge in [-0.25, -0.2) is 8.42 Å². The van der Waals surface area contributed by atoms with Gasteiger partial charge in [-0.3, -0.25) is 9.10 Å². The number of rotatable bonds is 11. The highest BCUT2D eigenvalue weighted by Gasteiger charge is 2.18. The molecule has 0 fully saturated rings. The molecule has 0 aliphatic rings. The summed E-state index contributed by atoms with van der Waals surface area (Å²) in [6.45, 7) is 0.588. The Bertz CT molecular complexity index is 964. The largest absolute Gasteiger partial charge is 0.493 e. The van der Waals surface area contributed by atoms with E-state index in [0.717, 1.165) is 10.5 Å². The molecule has 0 radical (unpaired) electrons. The predicted octanol–water partition coefficient (Wildman–Crippen LogP) is 3.29. The van der Waals surface area contributed by atoms with Crippen molar-refractivity contribution >= 4 is 33.4 Å². The highest BCUT2D eigenvalue weighted by Crippen LogP contribution is 2.27. The summed E-state index contributed by atoms with van der Waals surface area (Å²) in [6.07, 6.45) is 3.75. The van der Waals surface area contributed by atoms with E-state index in [9.17, 15) is 13.2 Å². The Morgan fingerprint density at radius 1 is 1.10 bits per heavy atom. The van der Waals surface area contributed by atoms with E-state index >= 15 is 0 Å². The van der Waals surface area contributed by atoms with Crippen molar-refractivity contribution in [2.45, 2.75) is 24.3 Å². The molecule has 0 saturated heterocycles. The SMILES string of the molecule is COc1ccc(CNC(=O)CCCN(c2cccc(SC)c2)S(C)(=O)=O)cc1OC. The van der Waals surface area contributed by atoms with Crippen molar-refractivity contribution in [2.24, 2.45) is 0 Å². The maximum atomic E-state index is 12.2. The quantitative estimate of drug-likeness (QED) is 0.527. The summed E-state index contributed by atoms with van der Waals surface area (Å²) in [5.74, 6) is 1.08. The number of ether oxygens (including phenoxy) is 2. The normalized spacial score (nSPS) is 11.1. The molecule has 0 aliphatic carbocycles. The number of nitrogens with zero attached hydrogens (tertiary/aromatic N) is 1. The Balaban J connectivity index is 1.91. The van der Waals surface area contributed by atoms with Crippen molar-refractivity contribution in [3.05, 3.63) is 48.0 Å². The van der Waals surface area contributed by atoms with Gasteiger partial charge < -0.3 is 14.8 Å². The summed E-state index contributed by atoms with van der Waals surface area (Å²) in [7, 11) is -0.320. The van der Waals surface area contributed by atoms with Crippen LogP contribution in [0.15, 0.2) is 47.4 Å². The van der Waals surface area contributed by atoms with Crippen LogP contribution < -0.4 is 19.1 Å². The molecule has 0 bridgehead atoms. The lowest BCUT2D eigenvalue weighted by atomic mass is 10.2. The molecule has 0 atom stereocenters. The van der Waals surface area contributed by atoms with E-state index < -0.39 is 10.0 Å². The van der Waals surface area contributed by atoms with Crippen LogP contribution in [0.5, 0.6) is 11.5 Å². The van der Waals surface area contributed by atoms with Crippen LogP contribution in [0, 0.1) is 0 Å². The van der Waals surface area contributed by atoms with Crippen LogP contribution in [0.25, 0.3) is 0 Å². The fourth-order valence-electron chi connectivity index (χ4n) is 2.91. The molecule has 30 heavy (non-hydrogen) atoms. The van der Waals surface area contributed by atoms with Crippen LogP contribution in [-0.4, -0.2) is 47.6 Å². The molecular formula is C21H28N2O5S2. The summed E-state index contributed by atoms with van der Waals surface area (Å²) in [6, 6.07) is 12.8. The number of methoxy groups -OCH3 is 2. The number of sulfonamides is 1. The second kappa shape index (κ2) is 11.1. The van der Waals surface area contributed by atoms with E-state index in [1.54, 1.807) is 38.1 Å². The van der Waals surface area contributed by atoms with Gasteiger partial charge >= 0.3 is 0 Å². The summed E-state index contributed by atoms with van der Waals surface area (Å²) >= 11 is 1.55. The molecule has 2 aromatic rings. The van der Waals surface area contributed by atoms with E-state index in [1.165, 1.54) is 10.6 Å². The average molecular weight is 453 g/mol. The number of benzene rings is 2. The zero-order chi connectivity index (χ0) is 22.1. The van der Waals surface area contributed by atoms with Gasteiger partial charge in [-0.05, 0) is 48.6 Å². The molecule has 2 rings (SSSR count). The molecule has 0 saturated carbocycles. The van der Waals surface area contributed by atoms with E-state index in [2.05, 4.69) is 5.32 Å². The van der Waals surface area contributed by atoms with E-state index in [-0.39, 0.29) is 18.9 Å². The monoisotopic (exact) mass is 452 g/mol. The first kappa shape index (κ1) is 23.9. The number of hydrogen-bond acceptors (Lipinski definition) is 6. The van der Waals surface area contributed by atoms with Crippen LogP contribution in [0.2, 0.25) is 0 Å². The summed E-state index contributed by atoms with van der Waals surface area (Å²) < 4.78 is 36.3. The summed E-state index contributed by atoms with van der Waals surface area (Å²) in [5, 5.41) is 2.85. The van der Waals surface area contributed by atoms with Crippen molar-refractivity contribution in [3.8, 4) is 11.5 Å². The number of amides is 1. The molecule has 0 aliphatic heterocycles. The van der Waals surface area contributed by atoms with E-state index in [4.69, 9.17) is 9.47 Å². The first-order valence-electron chi connectivity index (χ1n) is 9.38. The van der Waals surface area contributed by atoms with Crippen LogP contribution in [-0.2, 0) is 21.4 Å². The molecule has 2 aromatic carbocycles. The minimum atomic E-state index is -3.44. The Labute approximate surface area is 182 Å². The first-order chi connectivity index (χ1) is 14.3. The van der Waals surface area contributed by atoms with Crippen LogP contribution >= 0.6 is 11.8 Å². The first-order valence-corrected chi connectivity index (χ1v) is 12.4. The number of nitrogens with one attached hydrogen (secondary N) is 1. The number of hydrogen-bond donors (Lipinski definition) is 1. The van der Waals surface area contributed by atoms with Gasteiger partial charge in [0.15, 0.2) is 11.5 Å². The summed E-state index contributed by atoms with van der Waals surface area (Å²) in [4.78, 5) is 13.2. The maximum Gasteiger partial charge on any atom is 0.232 e. The fraction of sp³-hybridized carbons (Fsp3) is 0.381. The molecular weight excluding hydrogens is 424 g/mol. The van der Waals surface area contributed by atoms with Crippen LogP contribution in [0.1, 0.15) is 18.4 Å². The van der Waals surface area contributed by atoms with Gasteiger partial charge in [-0.15, -0.1) is 11.8 Å². The average Bonchev–Trinajstić information content (AvgIpc) is 2.74. The minimum absolute atomic E-state index is 0.142. The number of thioether (sulfide) groups is 1.